The summed E-state index contributed by atoms with van der Waals surface area (Å²) in [4.78, 5) is 0. The molecule has 3 aromatic carbocycles. The Balaban J connectivity index is 2.19. The van der Waals surface area contributed by atoms with Crippen molar-refractivity contribution < 1.29 is 0 Å². The first-order valence-electron chi connectivity index (χ1n) is 8.21. The largest absolute Gasteiger partial charge is 0.0883 e. The fourth-order valence-corrected chi connectivity index (χ4v) is 3.50. The van der Waals surface area contributed by atoms with Crippen molar-refractivity contribution in [3.63, 3.8) is 0 Å². The van der Waals surface area contributed by atoms with Crippen molar-refractivity contribution in [1.82, 2.24) is 0 Å². The lowest BCUT2D eigenvalue weighted by Gasteiger charge is -2.40. The minimum absolute atomic E-state index is 0.216. The summed E-state index contributed by atoms with van der Waals surface area (Å²) in [6.45, 7) is 2.21. The SMILES string of the molecule is [B]C(c1ccccc1)(c1ccccc1)C(CC)c1ccccc1. The normalized spacial score (nSPS) is 12.7. The number of rotatable bonds is 5. The molecule has 23 heavy (non-hydrogen) atoms. The van der Waals surface area contributed by atoms with Crippen LogP contribution in [0.15, 0.2) is 91.0 Å². The number of hydrogen-bond donors (Lipinski definition) is 0. The van der Waals surface area contributed by atoms with Crippen molar-refractivity contribution in [2.24, 2.45) is 0 Å². The molecule has 0 spiro atoms. The van der Waals surface area contributed by atoms with Gasteiger partial charge in [-0.2, -0.15) is 0 Å². The van der Waals surface area contributed by atoms with E-state index in [0.29, 0.717) is 0 Å². The van der Waals surface area contributed by atoms with Gasteiger partial charge in [-0.1, -0.05) is 97.9 Å². The molecule has 0 aliphatic carbocycles. The third kappa shape index (κ3) is 2.96. The Labute approximate surface area is 140 Å². The Morgan fingerprint density at radius 2 is 1.09 bits per heavy atom. The predicted octanol–water partition coefficient (Wildman–Crippen LogP) is 5.29. The van der Waals surface area contributed by atoms with E-state index in [0.717, 1.165) is 17.5 Å². The molecule has 0 saturated heterocycles. The van der Waals surface area contributed by atoms with E-state index in [-0.39, 0.29) is 5.92 Å². The summed E-state index contributed by atoms with van der Waals surface area (Å²) >= 11 is 0. The van der Waals surface area contributed by atoms with E-state index in [9.17, 15) is 0 Å². The van der Waals surface area contributed by atoms with Gasteiger partial charge in [0.1, 0.15) is 0 Å². The molecule has 0 aliphatic heterocycles. The molecule has 0 fully saturated rings. The van der Waals surface area contributed by atoms with E-state index in [1.807, 2.05) is 12.1 Å². The van der Waals surface area contributed by atoms with Crippen LogP contribution >= 0.6 is 0 Å². The highest BCUT2D eigenvalue weighted by atomic mass is 14.4. The number of benzene rings is 3. The van der Waals surface area contributed by atoms with Crippen LogP contribution in [-0.4, -0.2) is 7.85 Å². The highest BCUT2D eigenvalue weighted by molar-refractivity contribution is 6.19. The zero-order valence-corrected chi connectivity index (χ0v) is 13.5. The first-order chi connectivity index (χ1) is 11.3. The Kier molecular flexibility index (Phi) is 4.66. The monoisotopic (exact) mass is 296 g/mol. The van der Waals surface area contributed by atoms with Gasteiger partial charge < -0.3 is 0 Å². The van der Waals surface area contributed by atoms with Crippen LogP contribution in [0.4, 0.5) is 0 Å². The van der Waals surface area contributed by atoms with E-state index >= 15 is 0 Å². The van der Waals surface area contributed by atoms with Crippen molar-refractivity contribution in [1.29, 1.82) is 0 Å². The Morgan fingerprint density at radius 3 is 1.48 bits per heavy atom. The standard InChI is InChI=1S/C22H21B/c1-2-21(18-12-6-3-7-13-18)22(23,19-14-8-4-9-15-19)20-16-10-5-11-17-20/h3-17,21H,2H2,1H3. The van der Waals surface area contributed by atoms with Crippen molar-refractivity contribution in [3.05, 3.63) is 108 Å². The van der Waals surface area contributed by atoms with E-state index in [1.165, 1.54) is 5.56 Å². The summed E-state index contributed by atoms with van der Waals surface area (Å²) < 4.78 is 0. The van der Waals surface area contributed by atoms with Gasteiger partial charge in [-0.15, -0.1) is 0 Å². The van der Waals surface area contributed by atoms with E-state index in [4.69, 9.17) is 7.85 Å². The summed E-state index contributed by atoms with van der Waals surface area (Å²) in [5, 5.41) is -0.543. The summed E-state index contributed by atoms with van der Waals surface area (Å²) in [6, 6.07) is 31.5. The van der Waals surface area contributed by atoms with Crippen LogP contribution in [0.3, 0.4) is 0 Å². The van der Waals surface area contributed by atoms with Crippen LogP contribution in [0.25, 0.3) is 0 Å². The lowest BCUT2D eigenvalue weighted by atomic mass is 9.51. The molecule has 0 saturated carbocycles. The maximum atomic E-state index is 7.13. The van der Waals surface area contributed by atoms with Gasteiger partial charge in [-0.25, -0.2) is 0 Å². The van der Waals surface area contributed by atoms with Crippen LogP contribution < -0.4 is 0 Å². The molecule has 112 valence electrons. The maximum Gasteiger partial charge on any atom is 0.0883 e. The lowest BCUT2D eigenvalue weighted by molar-refractivity contribution is 0.531. The second-order valence-corrected chi connectivity index (χ2v) is 5.97. The first-order valence-corrected chi connectivity index (χ1v) is 8.21. The molecule has 0 aliphatic rings. The molecule has 1 unspecified atom stereocenters. The van der Waals surface area contributed by atoms with Gasteiger partial charge in [0.05, 0.1) is 7.85 Å². The Bertz CT molecular complexity index is 680. The van der Waals surface area contributed by atoms with Gasteiger partial charge in [0.25, 0.3) is 0 Å². The third-order valence-electron chi connectivity index (χ3n) is 4.66. The fourth-order valence-electron chi connectivity index (χ4n) is 3.50. The van der Waals surface area contributed by atoms with Crippen molar-refractivity contribution in [2.45, 2.75) is 24.6 Å². The van der Waals surface area contributed by atoms with Gasteiger partial charge in [0, 0.05) is 0 Å². The van der Waals surface area contributed by atoms with E-state index in [2.05, 4.69) is 85.8 Å². The van der Waals surface area contributed by atoms with Gasteiger partial charge in [-0.05, 0) is 34.3 Å². The quantitative estimate of drug-likeness (QED) is 0.561. The van der Waals surface area contributed by atoms with E-state index < -0.39 is 5.31 Å². The number of hydrogen-bond acceptors (Lipinski definition) is 0. The molecule has 3 aromatic rings. The molecular weight excluding hydrogens is 275 g/mol. The van der Waals surface area contributed by atoms with Crippen LogP contribution in [-0.2, 0) is 5.31 Å². The third-order valence-corrected chi connectivity index (χ3v) is 4.66. The fraction of sp³-hybridized carbons (Fsp3) is 0.182. The van der Waals surface area contributed by atoms with Crippen LogP contribution in [0, 0.1) is 0 Å². The summed E-state index contributed by atoms with van der Waals surface area (Å²) in [5.74, 6) is 0.216. The Morgan fingerprint density at radius 1 is 0.696 bits per heavy atom. The lowest BCUT2D eigenvalue weighted by Crippen LogP contribution is -2.35. The zero-order chi connectivity index (χ0) is 16.1. The molecule has 2 radical (unpaired) electrons. The van der Waals surface area contributed by atoms with E-state index in [1.54, 1.807) is 0 Å². The molecule has 0 N–H and O–H groups in total. The molecule has 3 rings (SSSR count). The highest BCUT2D eigenvalue weighted by Gasteiger charge is 2.36. The topological polar surface area (TPSA) is 0 Å². The molecule has 0 heterocycles. The minimum Gasteiger partial charge on any atom is -0.0648 e. The summed E-state index contributed by atoms with van der Waals surface area (Å²) in [5.41, 5.74) is 3.59. The predicted molar refractivity (Wildman–Crippen MR) is 98.9 cm³/mol. The molecule has 0 nitrogen and oxygen atoms in total. The van der Waals surface area contributed by atoms with Crippen LogP contribution in [0.2, 0.25) is 0 Å². The molecule has 1 heteroatoms. The molecule has 1 atom stereocenters. The second kappa shape index (κ2) is 6.87. The van der Waals surface area contributed by atoms with Crippen LogP contribution in [0.1, 0.15) is 36.0 Å². The Hall–Kier alpha value is -2.28. The van der Waals surface area contributed by atoms with Crippen LogP contribution in [0.5, 0.6) is 0 Å². The van der Waals surface area contributed by atoms with Gasteiger partial charge in [0.2, 0.25) is 0 Å². The average Bonchev–Trinajstić information content (AvgIpc) is 2.64. The smallest absolute Gasteiger partial charge is 0.0648 e. The van der Waals surface area contributed by atoms with Gasteiger partial charge in [0.15, 0.2) is 0 Å². The molecule has 0 amide bonds. The zero-order valence-electron chi connectivity index (χ0n) is 13.5. The summed E-state index contributed by atoms with van der Waals surface area (Å²) in [7, 11) is 7.13. The van der Waals surface area contributed by atoms with Crippen molar-refractivity contribution in [2.75, 3.05) is 0 Å². The molecular formula is C22H21B. The van der Waals surface area contributed by atoms with Crippen molar-refractivity contribution >= 4 is 7.85 Å². The van der Waals surface area contributed by atoms with Crippen molar-refractivity contribution in [3.8, 4) is 0 Å². The molecule has 0 aromatic heterocycles. The second-order valence-electron chi connectivity index (χ2n) is 5.97. The van der Waals surface area contributed by atoms with Gasteiger partial charge in [-0.3, -0.25) is 0 Å². The molecule has 0 bridgehead atoms. The minimum atomic E-state index is -0.543. The maximum absolute atomic E-state index is 7.13. The summed E-state index contributed by atoms with van der Waals surface area (Å²) in [6.07, 6.45) is 0.976. The average molecular weight is 296 g/mol. The van der Waals surface area contributed by atoms with Gasteiger partial charge >= 0.3 is 0 Å². The highest BCUT2D eigenvalue weighted by Crippen LogP contribution is 2.43. The first kappa shape index (κ1) is 15.6.